The van der Waals surface area contributed by atoms with Crippen LogP contribution in [-0.2, 0) is 16.0 Å². The minimum Gasteiger partial charge on any atom is -0.341 e. The topological polar surface area (TPSA) is 66.6 Å². The number of carbonyl (C=O) groups is 2. The van der Waals surface area contributed by atoms with E-state index in [0.29, 0.717) is 26.1 Å². The number of halogens is 1. The van der Waals surface area contributed by atoms with Crippen molar-refractivity contribution >= 4 is 24.2 Å². The first-order valence-electron chi connectivity index (χ1n) is 9.39. The van der Waals surface area contributed by atoms with E-state index in [1.54, 1.807) is 0 Å². The Kier molecular flexibility index (Phi) is 9.66. The molecule has 6 heteroatoms. The fraction of sp³-hybridized carbons (Fsp3) is 0.600. The van der Waals surface area contributed by atoms with Gasteiger partial charge in [-0.1, -0.05) is 50.6 Å². The standard InChI is InChI=1S/C20H31N3O2.ClH/c1-3-16(2)19(21)20(25)23-13-7-12-22(14-15-23)18(24)11-10-17-8-5-4-6-9-17;/h4-6,8-9,16,19H,3,7,10-15,21H2,1-2H3;1H. The van der Waals surface area contributed by atoms with Gasteiger partial charge in [-0.2, -0.15) is 0 Å². The van der Waals surface area contributed by atoms with E-state index in [4.69, 9.17) is 5.73 Å². The molecule has 0 spiro atoms. The molecule has 1 heterocycles. The van der Waals surface area contributed by atoms with Crippen LogP contribution in [0.5, 0.6) is 0 Å². The summed E-state index contributed by atoms with van der Waals surface area (Å²) in [6.07, 6.45) is 2.99. The molecule has 1 fully saturated rings. The van der Waals surface area contributed by atoms with Crippen LogP contribution in [0, 0.1) is 5.92 Å². The van der Waals surface area contributed by atoms with Crippen molar-refractivity contribution in [2.24, 2.45) is 11.7 Å². The van der Waals surface area contributed by atoms with E-state index < -0.39 is 6.04 Å². The molecule has 0 aliphatic carbocycles. The fourth-order valence-electron chi connectivity index (χ4n) is 3.15. The Morgan fingerprint density at radius 1 is 1.08 bits per heavy atom. The van der Waals surface area contributed by atoms with Crippen molar-refractivity contribution in [2.45, 2.75) is 45.6 Å². The number of nitrogens with zero attached hydrogens (tertiary/aromatic N) is 2. The van der Waals surface area contributed by atoms with Crippen LogP contribution >= 0.6 is 12.4 Å². The van der Waals surface area contributed by atoms with Crippen molar-refractivity contribution < 1.29 is 9.59 Å². The zero-order chi connectivity index (χ0) is 18.2. The highest BCUT2D eigenvalue weighted by molar-refractivity contribution is 5.85. The molecule has 1 aromatic rings. The lowest BCUT2D eigenvalue weighted by molar-refractivity contribution is -0.135. The summed E-state index contributed by atoms with van der Waals surface area (Å²) in [6, 6.07) is 9.63. The first kappa shape index (κ1) is 22.5. The molecular weight excluding hydrogens is 350 g/mol. The lowest BCUT2D eigenvalue weighted by Gasteiger charge is -2.27. The molecule has 0 saturated carbocycles. The van der Waals surface area contributed by atoms with Crippen LogP contribution in [0.15, 0.2) is 30.3 Å². The third kappa shape index (κ3) is 6.29. The summed E-state index contributed by atoms with van der Waals surface area (Å²) >= 11 is 0. The minimum absolute atomic E-state index is 0. The Hall–Kier alpha value is -1.59. The zero-order valence-corrected chi connectivity index (χ0v) is 16.7. The van der Waals surface area contributed by atoms with Crippen LogP contribution in [0.4, 0.5) is 0 Å². The Morgan fingerprint density at radius 2 is 1.69 bits per heavy atom. The number of benzene rings is 1. The van der Waals surface area contributed by atoms with Gasteiger partial charge < -0.3 is 15.5 Å². The normalized spacial score (nSPS) is 17.0. The van der Waals surface area contributed by atoms with E-state index in [-0.39, 0.29) is 30.1 Å². The number of rotatable bonds is 6. The number of hydrogen-bond acceptors (Lipinski definition) is 3. The monoisotopic (exact) mass is 381 g/mol. The molecule has 2 rings (SSSR count). The summed E-state index contributed by atoms with van der Waals surface area (Å²) in [6.45, 7) is 6.65. The van der Waals surface area contributed by atoms with E-state index in [0.717, 1.165) is 25.8 Å². The number of amides is 2. The Balaban J connectivity index is 0.00000338. The van der Waals surface area contributed by atoms with Crippen molar-refractivity contribution in [1.29, 1.82) is 0 Å². The lowest BCUT2D eigenvalue weighted by atomic mass is 9.99. The SMILES string of the molecule is CCC(C)C(N)C(=O)N1CCCN(C(=O)CCc2ccccc2)CC1.Cl. The zero-order valence-electron chi connectivity index (χ0n) is 15.9. The van der Waals surface area contributed by atoms with Gasteiger partial charge in [-0.15, -0.1) is 12.4 Å². The molecule has 2 amide bonds. The average molecular weight is 382 g/mol. The Bertz CT molecular complexity index is 567. The van der Waals surface area contributed by atoms with E-state index in [1.165, 1.54) is 5.56 Å². The molecule has 1 aliphatic rings. The molecule has 2 N–H and O–H groups in total. The van der Waals surface area contributed by atoms with Crippen molar-refractivity contribution in [2.75, 3.05) is 26.2 Å². The van der Waals surface area contributed by atoms with Crippen LogP contribution in [0.3, 0.4) is 0 Å². The van der Waals surface area contributed by atoms with Gasteiger partial charge in [0, 0.05) is 32.6 Å². The van der Waals surface area contributed by atoms with Crippen LogP contribution in [0.25, 0.3) is 0 Å². The highest BCUT2D eigenvalue weighted by Gasteiger charge is 2.27. The van der Waals surface area contributed by atoms with Gasteiger partial charge in [0.1, 0.15) is 0 Å². The highest BCUT2D eigenvalue weighted by atomic mass is 35.5. The molecule has 1 aromatic carbocycles. The van der Waals surface area contributed by atoms with Gasteiger partial charge in [0.2, 0.25) is 11.8 Å². The summed E-state index contributed by atoms with van der Waals surface area (Å²) in [4.78, 5) is 28.8. The molecule has 2 unspecified atom stereocenters. The van der Waals surface area contributed by atoms with Crippen molar-refractivity contribution in [3.63, 3.8) is 0 Å². The van der Waals surface area contributed by atoms with E-state index in [1.807, 2.05) is 54.0 Å². The molecule has 1 aliphatic heterocycles. The molecule has 1 saturated heterocycles. The molecule has 0 bridgehead atoms. The quantitative estimate of drug-likeness (QED) is 0.823. The second kappa shape index (κ2) is 11.2. The first-order chi connectivity index (χ1) is 12.0. The Labute approximate surface area is 163 Å². The van der Waals surface area contributed by atoms with Gasteiger partial charge in [0.05, 0.1) is 6.04 Å². The molecular formula is C20H32ClN3O2. The van der Waals surface area contributed by atoms with Crippen molar-refractivity contribution in [3.8, 4) is 0 Å². The third-order valence-corrected chi connectivity index (χ3v) is 5.17. The highest BCUT2D eigenvalue weighted by Crippen LogP contribution is 2.12. The van der Waals surface area contributed by atoms with Crippen molar-refractivity contribution in [1.82, 2.24) is 9.80 Å². The molecule has 2 atom stereocenters. The van der Waals surface area contributed by atoms with Crippen LogP contribution in [-0.4, -0.2) is 53.8 Å². The second-order valence-electron chi connectivity index (χ2n) is 6.96. The van der Waals surface area contributed by atoms with Gasteiger partial charge in [-0.25, -0.2) is 0 Å². The predicted molar refractivity (Wildman–Crippen MR) is 107 cm³/mol. The van der Waals surface area contributed by atoms with Crippen LogP contribution < -0.4 is 5.73 Å². The number of hydrogen-bond donors (Lipinski definition) is 1. The molecule has 146 valence electrons. The maximum atomic E-state index is 12.5. The van der Waals surface area contributed by atoms with Crippen LogP contribution in [0.2, 0.25) is 0 Å². The maximum absolute atomic E-state index is 12.5. The number of aryl methyl sites for hydroxylation is 1. The van der Waals surface area contributed by atoms with Crippen LogP contribution in [0.1, 0.15) is 38.7 Å². The summed E-state index contributed by atoms with van der Waals surface area (Å²) < 4.78 is 0. The van der Waals surface area contributed by atoms with E-state index in [9.17, 15) is 9.59 Å². The maximum Gasteiger partial charge on any atom is 0.239 e. The average Bonchev–Trinajstić information content (AvgIpc) is 2.91. The lowest BCUT2D eigenvalue weighted by Crippen LogP contribution is -2.48. The summed E-state index contributed by atoms with van der Waals surface area (Å²) in [5.41, 5.74) is 7.27. The largest absolute Gasteiger partial charge is 0.341 e. The van der Waals surface area contributed by atoms with Gasteiger partial charge in [-0.3, -0.25) is 9.59 Å². The number of carbonyl (C=O) groups excluding carboxylic acids is 2. The summed E-state index contributed by atoms with van der Waals surface area (Å²) in [7, 11) is 0. The first-order valence-corrected chi connectivity index (χ1v) is 9.39. The summed E-state index contributed by atoms with van der Waals surface area (Å²) in [5.74, 6) is 0.372. The van der Waals surface area contributed by atoms with Gasteiger partial charge in [0.25, 0.3) is 0 Å². The van der Waals surface area contributed by atoms with E-state index in [2.05, 4.69) is 0 Å². The van der Waals surface area contributed by atoms with E-state index >= 15 is 0 Å². The second-order valence-corrected chi connectivity index (χ2v) is 6.96. The number of nitrogens with two attached hydrogens (primary N) is 1. The fourth-order valence-corrected chi connectivity index (χ4v) is 3.15. The molecule has 5 nitrogen and oxygen atoms in total. The smallest absolute Gasteiger partial charge is 0.239 e. The molecule has 0 radical (unpaired) electrons. The van der Waals surface area contributed by atoms with Crippen molar-refractivity contribution in [3.05, 3.63) is 35.9 Å². The minimum atomic E-state index is -0.440. The van der Waals surface area contributed by atoms with Gasteiger partial charge >= 0.3 is 0 Å². The van der Waals surface area contributed by atoms with Gasteiger partial charge in [0.15, 0.2) is 0 Å². The Morgan fingerprint density at radius 3 is 2.35 bits per heavy atom. The molecule has 0 aromatic heterocycles. The molecule has 26 heavy (non-hydrogen) atoms. The third-order valence-electron chi connectivity index (χ3n) is 5.17. The predicted octanol–water partition coefficient (Wildman–Crippen LogP) is 2.48. The van der Waals surface area contributed by atoms with Gasteiger partial charge in [-0.05, 0) is 24.3 Å². The summed E-state index contributed by atoms with van der Waals surface area (Å²) in [5, 5.41) is 0.